The Morgan fingerprint density at radius 3 is 2.35 bits per heavy atom. The minimum Gasteiger partial charge on any atom is -0.396 e. The van der Waals surface area contributed by atoms with Crippen LogP contribution in [0.2, 0.25) is 0 Å². The lowest BCUT2D eigenvalue weighted by Crippen LogP contribution is -2.62. The van der Waals surface area contributed by atoms with Crippen molar-refractivity contribution in [1.82, 2.24) is 0 Å². The Morgan fingerprint density at radius 1 is 1.00 bits per heavy atom. The maximum absolute atomic E-state index is 11.7. The van der Waals surface area contributed by atoms with Gasteiger partial charge in [-0.15, -0.1) is 0 Å². The predicted molar refractivity (Wildman–Crippen MR) is 136 cm³/mol. The van der Waals surface area contributed by atoms with Gasteiger partial charge in [-0.25, -0.2) is 4.18 Å². The minimum atomic E-state index is -4.65. The van der Waals surface area contributed by atoms with Crippen molar-refractivity contribution in [2.45, 2.75) is 103 Å². The third-order valence-corrected chi connectivity index (χ3v) is 12.1. The fourth-order valence-corrected chi connectivity index (χ4v) is 9.81. The molecule has 4 rings (SSSR count). The van der Waals surface area contributed by atoms with E-state index in [1.807, 2.05) is 0 Å². The van der Waals surface area contributed by atoms with Crippen LogP contribution >= 0.6 is 0 Å². The van der Waals surface area contributed by atoms with Gasteiger partial charge < -0.3 is 25.5 Å². The van der Waals surface area contributed by atoms with Crippen molar-refractivity contribution in [3.63, 3.8) is 0 Å². The molecule has 8 unspecified atom stereocenters. The van der Waals surface area contributed by atoms with Crippen molar-refractivity contribution < 1.29 is 42.7 Å². The molecule has 0 bridgehead atoms. The van der Waals surface area contributed by atoms with E-state index in [2.05, 4.69) is 25.0 Å². The molecule has 0 radical (unpaired) electrons. The van der Waals surface area contributed by atoms with Crippen LogP contribution in [0.25, 0.3) is 0 Å². The van der Waals surface area contributed by atoms with Crippen LogP contribution in [0.4, 0.5) is 0 Å². The lowest BCUT2D eigenvalue weighted by molar-refractivity contribution is -0.207. The fourth-order valence-electron chi connectivity index (χ4n) is 9.46. The molecule has 13 atom stereocenters. The third-order valence-electron chi connectivity index (χ3n) is 11.6. The van der Waals surface area contributed by atoms with Gasteiger partial charge in [0.15, 0.2) is 0 Å². The van der Waals surface area contributed by atoms with Crippen LogP contribution < -0.4 is 0 Å². The van der Waals surface area contributed by atoms with E-state index < -0.39 is 47.8 Å². The zero-order chi connectivity index (χ0) is 27.3. The van der Waals surface area contributed by atoms with E-state index in [9.17, 15) is 34.0 Å². The first-order chi connectivity index (χ1) is 17.2. The number of hydrogen-bond acceptors (Lipinski definition) is 8. The lowest BCUT2D eigenvalue weighted by Gasteiger charge is -2.63. The molecule has 9 nitrogen and oxygen atoms in total. The van der Waals surface area contributed by atoms with Crippen LogP contribution in [0, 0.1) is 52.3 Å². The first kappa shape index (κ1) is 29.6. The van der Waals surface area contributed by atoms with Gasteiger partial charge in [-0.3, -0.25) is 4.55 Å². The number of hydrogen-bond donors (Lipinski definition) is 6. The van der Waals surface area contributed by atoms with Gasteiger partial charge in [0.2, 0.25) is 0 Å². The zero-order valence-electron chi connectivity index (χ0n) is 22.4. The normalized spacial score (nSPS) is 46.4. The summed E-state index contributed by atoms with van der Waals surface area (Å²) < 4.78 is 34.9. The highest BCUT2D eigenvalue weighted by atomic mass is 32.3. The van der Waals surface area contributed by atoms with Crippen LogP contribution in [-0.2, 0) is 14.6 Å². The van der Waals surface area contributed by atoms with E-state index in [0.29, 0.717) is 19.3 Å². The van der Waals surface area contributed by atoms with Gasteiger partial charge in [0.25, 0.3) is 0 Å². The highest BCUT2D eigenvalue weighted by Crippen LogP contribution is 2.68. The Balaban J connectivity index is 1.45. The van der Waals surface area contributed by atoms with Crippen LogP contribution in [0.3, 0.4) is 0 Å². The molecule has 0 aliphatic heterocycles. The third kappa shape index (κ3) is 5.51. The summed E-state index contributed by atoms with van der Waals surface area (Å²) in [6, 6.07) is 0. The second-order valence-electron chi connectivity index (χ2n) is 13.3. The summed E-state index contributed by atoms with van der Waals surface area (Å²) in [4.78, 5) is 0. The molecule has 216 valence electrons. The Kier molecular flexibility index (Phi) is 8.75. The van der Waals surface area contributed by atoms with E-state index in [1.54, 1.807) is 0 Å². The minimum absolute atomic E-state index is 0.0304. The Labute approximate surface area is 221 Å². The molecule has 4 aliphatic carbocycles. The highest BCUT2D eigenvalue weighted by Gasteiger charge is 2.65. The standard InChI is InChI=1S/C27H48O9S/c1-15(4-7-22(30)16(13-28)14-36-37(33,34)35)19-5-6-20-25-21(12-24(32)27(19,20)3)26(2)9-8-18(29)10-17(26)11-23(25)31/h15-25,28-32H,4-14H2,1-3H3,(H,33,34,35)/t15-,16?,17?,18-,19-,20?,21?,22?,23?,24?,25?,26+,27-/m1/s1. The topological polar surface area (TPSA) is 165 Å². The summed E-state index contributed by atoms with van der Waals surface area (Å²) in [5.74, 6) is 0.439. The van der Waals surface area contributed by atoms with E-state index in [1.165, 1.54) is 0 Å². The molecule has 4 aliphatic rings. The first-order valence-corrected chi connectivity index (χ1v) is 15.5. The van der Waals surface area contributed by atoms with E-state index in [4.69, 9.17) is 4.55 Å². The summed E-state index contributed by atoms with van der Waals surface area (Å²) in [7, 11) is -4.65. The van der Waals surface area contributed by atoms with Crippen LogP contribution in [0.15, 0.2) is 0 Å². The highest BCUT2D eigenvalue weighted by molar-refractivity contribution is 7.80. The molecule has 0 amide bonds. The van der Waals surface area contributed by atoms with Gasteiger partial charge in [0, 0.05) is 5.92 Å². The second kappa shape index (κ2) is 10.9. The van der Waals surface area contributed by atoms with Gasteiger partial charge in [-0.1, -0.05) is 20.8 Å². The summed E-state index contributed by atoms with van der Waals surface area (Å²) in [6.07, 6.45) is 4.54. The number of aliphatic hydroxyl groups excluding tert-OH is 5. The van der Waals surface area contributed by atoms with E-state index in [0.717, 1.165) is 38.5 Å². The Morgan fingerprint density at radius 2 is 1.70 bits per heavy atom. The lowest BCUT2D eigenvalue weighted by atomic mass is 9.43. The quantitative estimate of drug-likeness (QED) is 0.237. The van der Waals surface area contributed by atoms with Crippen molar-refractivity contribution in [3.05, 3.63) is 0 Å². The summed E-state index contributed by atoms with van der Waals surface area (Å²) >= 11 is 0. The molecule has 4 fully saturated rings. The average molecular weight is 549 g/mol. The molecule has 4 saturated carbocycles. The average Bonchev–Trinajstić information content (AvgIpc) is 3.17. The van der Waals surface area contributed by atoms with Gasteiger partial charge >= 0.3 is 10.4 Å². The number of aliphatic hydroxyl groups is 5. The van der Waals surface area contributed by atoms with Crippen LogP contribution in [0.5, 0.6) is 0 Å². The van der Waals surface area contributed by atoms with E-state index in [-0.39, 0.29) is 52.4 Å². The SMILES string of the molecule is C[C@H](CCC(O)C(CO)COS(=O)(=O)O)[C@H]1CCC2C3C(O)CC4C[C@H](O)CC[C@]4(C)C3CC(O)[C@@]21C. The Bertz CT molecular complexity index is 898. The molecule has 10 heteroatoms. The second-order valence-corrected chi connectivity index (χ2v) is 14.4. The fraction of sp³-hybridized carbons (Fsp3) is 1.00. The molecule has 37 heavy (non-hydrogen) atoms. The van der Waals surface area contributed by atoms with E-state index >= 15 is 0 Å². The van der Waals surface area contributed by atoms with Gasteiger partial charge in [0.1, 0.15) is 0 Å². The molecular formula is C27H48O9S. The maximum atomic E-state index is 11.7. The van der Waals surface area contributed by atoms with Crippen molar-refractivity contribution in [1.29, 1.82) is 0 Å². The largest absolute Gasteiger partial charge is 0.397 e. The molecule has 0 saturated heterocycles. The van der Waals surface area contributed by atoms with Gasteiger partial charge in [-0.2, -0.15) is 8.42 Å². The predicted octanol–water partition coefficient (Wildman–Crippen LogP) is 2.15. The van der Waals surface area contributed by atoms with Crippen LogP contribution in [0.1, 0.15) is 78.6 Å². The molecule has 0 aromatic carbocycles. The van der Waals surface area contributed by atoms with Crippen molar-refractivity contribution in [3.8, 4) is 0 Å². The molecular weight excluding hydrogens is 500 g/mol. The van der Waals surface area contributed by atoms with Crippen molar-refractivity contribution in [2.24, 2.45) is 52.3 Å². The Hall–Kier alpha value is -0.330. The monoisotopic (exact) mass is 548 g/mol. The smallest absolute Gasteiger partial charge is 0.396 e. The first-order valence-electron chi connectivity index (χ1n) is 14.2. The number of fused-ring (bicyclic) bond motifs is 5. The van der Waals surface area contributed by atoms with Crippen LogP contribution in [-0.4, -0.2) is 76.1 Å². The summed E-state index contributed by atoms with van der Waals surface area (Å²) in [6.45, 7) is 5.67. The number of rotatable bonds is 9. The molecule has 6 N–H and O–H groups in total. The molecule has 0 heterocycles. The van der Waals surface area contributed by atoms with Crippen molar-refractivity contribution >= 4 is 10.4 Å². The molecule has 0 spiro atoms. The molecule has 0 aromatic heterocycles. The molecule has 0 aromatic rings. The van der Waals surface area contributed by atoms with Crippen molar-refractivity contribution in [2.75, 3.05) is 13.2 Å². The zero-order valence-corrected chi connectivity index (χ0v) is 23.3. The summed E-state index contributed by atoms with van der Waals surface area (Å²) in [5.41, 5.74) is -0.309. The van der Waals surface area contributed by atoms with Gasteiger partial charge in [-0.05, 0) is 104 Å². The maximum Gasteiger partial charge on any atom is 0.397 e. The summed E-state index contributed by atoms with van der Waals surface area (Å²) in [5, 5.41) is 53.5. The van der Waals surface area contributed by atoms with Gasteiger partial charge in [0.05, 0.1) is 37.6 Å².